The molecule has 1 heterocycles. The van der Waals surface area contributed by atoms with Crippen molar-refractivity contribution in [2.24, 2.45) is 0 Å². The lowest BCUT2D eigenvalue weighted by Gasteiger charge is -1.92. The fourth-order valence-corrected chi connectivity index (χ4v) is 0.997. The zero-order valence-corrected chi connectivity index (χ0v) is 7.33. The van der Waals surface area contributed by atoms with E-state index in [0.717, 1.165) is 5.56 Å². The molecule has 0 atom stereocenters. The normalized spacial score (nSPS) is 10.8. The Labute approximate surface area is 76.5 Å². The van der Waals surface area contributed by atoms with Gasteiger partial charge in [-0.2, -0.15) is 0 Å². The van der Waals surface area contributed by atoms with E-state index in [-0.39, 0.29) is 6.61 Å². The Morgan fingerprint density at radius 1 is 1.58 bits per heavy atom. The van der Waals surface area contributed by atoms with Crippen LogP contribution in [0.4, 0.5) is 0 Å². The van der Waals surface area contributed by atoms with Gasteiger partial charge in [-0.05, 0) is 24.1 Å². The van der Waals surface area contributed by atoms with Gasteiger partial charge >= 0.3 is 0 Å². The van der Waals surface area contributed by atoms with Crippen molar-refractivity contribution in [2.45, 2.75) is 6.42 Å². The van der Waals surface area contributed by atoms with Crippen LogP contribution in [0.15, 0.2) is 24.4 Å². The lowest BCUT2D eigenvalue weighted by atomic mass is 10.2. The summed E-state index contributed by atoms with van der Waals surface area (Å²) >= 11 is 5.66. The Morgan fingerprint density at radius 2 is 2.42 bits per heavy atom. The molecule has 3 heteroatoms. The van der Waals surface area contributed by atoms with Gasteiger partial charge in [0.15, 0.2) is 0 Å². The third-order valence-electron chi connectivity index (χ3n) is 1.36. The number of pyridine rings is 1. The van der Waals surface area contributed by atoms with Crippen LogP contribution in [0.3, 0.4) is 0 Å². The van der Waals surface area contributed by atoms with Gasteiger partial charge in [0, 0.05) is 12.8 Å². The third-order valence-corrected chi connectivity index (χ3v) is 1.56. The number of rotatable bonds is 3. The van der Waals surface area contributed by atoms with E-state index in [9.17, 15) is 0 Å². The van der Waals surface area contributed by atoms with Gasteiger partial charge < -0.3 is 5.11 Å². The molecule has 1 N–H and O–H groups in total. The Bertz CT molecular complexity index is 273. The number of halogens is 1. The standard InChI is InChI=1S/C9H10ClNO/c10-9-7-8(4-5-11-9)3-1-2-6-12/h1,3-5,7,12H,2,6H2. The molecular weight excluding hydrogens is 174 g/mol. The predicted octanol–water partition coefficient (Wildman–Crippen LogP) is 2.13. The molecule has 64 valence electrons. The van der Waals surface area contributed by atoms with Crippen LogP contribution in [0.25, 0.3) is 6.08 Å². The molecule has 0 unspecified atom stereocenters. The molecule has 0 saturated heterocycles. The van der Waals surface area contributed by atoms with Crippen LogP contribution in [0.2, 0.25) is 5.15 Å². The molecule has 1 aromatic heterocycles. The van der Waals surface area contributed by atoms with E-state index < -0.39 is 0 Å². The first-order valence-electron chi connectivity index (χ1n) is 3.72. The molecule has 2 nitrogen and oxygen atoms in total. The van der Waals surface area contributed by atoms with E-state index >= 15 is 0 Å². The van der Waals surface area contributed by atoms with E-state index in [1.54, 1.807) is 12.3 Å². The molecule has 0 fully saturated rings. The van der Waals surface area contributed by atoms with Gasteiger partial charge in [0.25, 0.3) is 0 Å². The van der Waals surface area contributed by atoms with Crippen molar-refractivity contribution in [3.63, 3.8) is 0 Å². The van der Waals surface area contributed by atoms with Crippen molar-refractivity contribution in [3.05, 3.63) is 35.1 Å². The van der Waals surface area contributed by atoms with E-state index in [1.807, 2.05) is 18.2 Å². The molecule has 1 rings (SSSR count). The van der Waals surface area contributed by atoms with Gasteiger partial charge in [0.1, 0.15) is 5.15 Å². The highest BCUT2D eigenvalue weighted by atomic mass is 35.5. The molecule has 0 aromatic carbocycles. The second kappa shape index (κ2) is 4.91. The smallest absolute Gasteiger partial charge is 0.129 e. The molecule has 0 saturated carbocycles. The Balaban J connectivity index is 2.63. The lowest BCUT2D eigenvalue weighted by molar-refractivity contribution is 0.303. The first kappa shape index (κ1) is 9.23. The van der Waals surface area contributed by atoms with Crippen LogP contribution in [-0.2, 0) is 0 Å². The molecule has 0 radical (unpaired) electrons. The SMILES string of the molecule is OCCC=Cc1ccnc(Cl)c1. The van der Waals surface area contributed by atoms with Gasteiger partial charge in [-0.1, -0.05) is 23.8 Å². The number of hydrogen-bond donors (Lipinski definition) is 1. The maximum absolute atomic E-state index is 8.51. The number of nitrogens with zero attached hydrogens (tertiary/aromatic N) is 1. The van der Waals surface area contributed by atoms with E-state index in [2.05, 4.69) is 4.98 Å². The van der Waals surface area contributed by atoms with Crippen LogP contribution in [0, 0.1) is 0 Å². The van der Waals surface area contributed by atoms with Crippen molar-refractivity contribution in [1.82, 2.24) is 4.98 Å². The number of aliphatic hydroxyl groups excluding tert-OH is 1. The maximum Gasteiger partial charge on any atom is 0.129 e. The molecule has 1 aromatic rings. The predicted molar refractivity (Wildman–Crippen MR) is 50.0 cm³/mol. The summed E-state index contributed by atoms with van der Waals surface area (Å²) in [5.74, 6) is 0. The summed E-state index contributed by atoms with van der Waals surface area (Å²) in [7, 11) is 0. The first-order chi connectivity index (χ1) is 5.83. The summed E-state index contributed by atoms with van der Waals surface area (Å²) in [4.78, 5) is 3.85. The highest BCUT2D eigenvalue weighted by molar-refractivity contribution is 6.29. The molecule has 0 aliphatic rings. The van der Waals surface area contributed by atoms with E-state index in [4.69, 9.17) is 16.7 Å². The van der Waals surface area contributed by atoms with Gasteiger partial charge in [-0.15, -0.1) is 0 Å². The minimum atomic E-state index is 0.176. The average Bonchev–Trinajstić information content (AvgIpc) is 2.05. The van der Waals surface area contributed by atoms with Crippen molar-refractivity contribution in [1.29, 1.82) is 0 Å². The summed E-state index contributed by atoms with van der Waals surface area (Å²) in [6.07, 6.45) is 6.12. The molecule has 0 spiro atoms. The highest BCUT2D eigenvalue weighted by Crippen LogP contribution is 2.08. The number of aromatic nitrogens is 1. The lowest BCUT2D eigenvalue weighted by Crippen LogP contribution is -1.78. The molecule has 0 amide bonds. The fourth-order valence-electron chi connectivity index (χ4n) is 0.815. The molecule has 0 aliphatic carbocycles. The van der Waals surface area contributed by atoms with Crippen molar-refractivity contribution >= 4 is 17.7 Å². The summed E-state index contributed by atoms with van der Waals surface area (Å²) in [6.45, 7) is 0.176. The Morgan fingerprint density at radius 3 is 3.08 bits per heavy atom. The topological polar surface area (TPSA) is 33.1 Å². The molecule has 0 bridgehead atoms. The Hall–Kier alpha value is -0.860. The quantitative estimate of drug-likeness (QED) is 0.729. The van der Waals surface area contributed by atoms with Gasteiger partial charge in [0.2, 0.25) is 0 Å². The first-order valence-corrected chi connectivity index (χ1v) is 4.09. The van der Waals surface area contributed by atoms with Crippen LogP contribution >= 0.6 is 11.6 Å². The zero-order valence-electron chi connectivity index (χ0n) is 6.57. The van der Waals surface area contributed by atoms with Crippen molar-refractivity contribution < 1.29 is 5.11 Å². The van der Waals surface area contributed by atoms with Crippen LogP contribution in [-0.4, -0.2) is 16.7 Å². The second-order valence-corrected chi connectivity index (χ2v) is 2.71. The van der Waals surface area contributed by atoms with Crippen LogP contribution in [0.1, 0.15) is 12.0 Å². The average molecular weight is 184 g/mol. The summed E-state index contributed by atoms with van der Waals surface area (Å²) in [5, 5.41) is 9.00. The van der Waals surface area contributed by atoms with Crippen molar-refractivity contribution in [2.75, 3.05) is 6.61 Å². The van der Waals surface area contributed by atoms with E-state index in [1.165, 1.54) is 0 Å². The second-order valence-electron chi connectivity index (χ2n) is 2.33. The van der Waals surface area contributed by atoms with Gasteiger partial charge in [-0.25, -0.2) is 4.98 Å². The minimum absolute atomic E-state index is 0.176. The fraction of sp³-hybridized carbons (Fsp3) is 0.222. The summed E-state index contributed by atoms with van der Waals surface area (Å²) in [5.41, 5.74) is 1.00. The Kier molecular flexibility index (Phi) is 3.77. The molecule has 12 heavy (non-hydrogen) atoms. The minimum Gasteiger partial charge on any atom is -0.396 e. The van der Waals surface area contributed by atoms with Gasteiger partial charge in [-0.3, -0.25) is 0 Å². The van der Waals surface area contributed by atoms with Crippen LogP contribution < -0.4 is 0 Å². The number of hydrogen-bond acceptors (Lipinski definition) is 2. The largest absolute Gasteiger partial charge is 0.396 e. The van der Waals surface area contributed by atoms with E-state index in [0.29, 0.717) is 11.6 Å². The maximum atomic E-state index is 8.51. The van der Waals surface area contributed by atoms with Gasteiger partial charge in [0.05, 0.1) is 0 Å². The number of aliphatic hydroxyl groups is 1. The monoisotopic (exact) mass is 183 g/mol. The third kappa shape index (κ3) is 3.03. The molecule has 0 aliphatic heterocycles. The highest BCUT2D eigenvalue weighted by Gasteiger charge is 1.88. The zero-order chi connectivity index (χ0) is 8.81. The summed E-state index contributed by atoms with van der Waals surface area (Å²) < 4.78 is 0. The van der Waals surface area contributed by atoms with Crippen molar-refractivity contribution in [3.8, 4) is 0 Å². The molecular formula is C9H10ClNO. The van der Waals surface area contributed by atoms with Crippen LogP contribution in [0.5, 0.6) is 0 Å². The summed E-state index contributed by atoms with van der Waals surface area (Å²) in [6, 6.07) is 3.63.